The molecule has 38 heavy (non-hydrogen) atoms. The van der Waals surface area contributed by atoms with Crippen LogP contribution >= 0.6 is 0 Å². The Morgan fingerprint density at radius 2 is 1.74 bits per heavy atom. The molecule has 1 aromatic carbocycles. The van der Waals surface area contributed by atoms with Crippen molar-refractivity contribution >= 4 is 22.8 Å². The molecule has 0 unspecified atom stereocenters. The molecule has 0 atom stereocenters. The molecule has 3 fully saturated rings. The van der Waals surface area contributed by atoms with Crippen LogP contribution < -0.4 is 10.2 Å². The number of nitrogens with one attached hydrogen (secondary N) is 1. The summed E-state index contributed by atoms with van der Waals surface area (Å²) in [5.74, 6) is 1.04. The zero-order chi connectivity index (χ0) is 26.9. The monoisotopic (exact) mass is 531 g/mol. The Kier molecular flexibility index (Phi) is 5.85. The molecule has 4 heterocycles. The molecule has 3 N–H and O–H groups in total. The van der Waals surface area contributed by atoms with Crippen molar-refractivity contribution < 1.29 is 23.4 Å². The molecular formula is C26H32F3N7O2. The summed E-state index contributed by atoms with van der Waals surface area (Å²) in [6.45, 7) is 6.84. The van der Waals surface area contributed by atoms with Crippen molar-refractivity contribution in [3.05, 3.63) is 36.0 Å². The largest absolute Gasteiger partial charge is 0.416 e. The molecule has 1 saturated carbocycles. The second-order valence-electron chi connectivity index (χ2n) is 11.6. The number of fused-ring (bicyclic) bond motifs is 1. The second kappa shape index (κ2) is 8.78. The van der Waals surface area contributed by atoms with Gasteiger partial charge in [0.15, 0.2) is 5.65 Å². The minimum Gasteiger partial charge on any atom is -0.390 e. The first-order chi connectivity index (χ1) is 17.9. The summed E-state index contributed by atoms with van der Waals surface area (Å²) >= 11 is 0. The average Bonchev–Trinajstić information content (AvgIpc) is 3.21. The van der Waals surface area contributed by atoms with E-state index in [0.29, 0.717) is 41.7 Å². The number of anilines is 2. The van der Waals surface area contributed by atoms with Crippen LogP contribution in [0.1, 0.15) is 45.1 Å². The fourth-order valence-corrected chi connectivity index (χ4v) is 5.72. The minimum atomic E-state index is -4.47. The molecular weight excluding hydrogens is 499 g/mol. The van der Waals surface area contributed by atoms with Crippen molar-refractivity contribution in [3.8, 4) is 5.69 Å². The maximum atomic E-state index is 13.4. The van der Waals surface area contributed by atoms with Crippen LogP contribution in [0.2, 0.25) is 0 Å². The number of aliphatic hydroxyl groups is 2. The van der Waals surface area contributed by atoms with Gasteiger partial charge in [0.1, 0.15) is 5.82 Å². The first kappa shape index (κ1) is 25.3. The number of rotatable bonds is 5. The SMILES string of the molecule is CC1(O)CCN(C2CN(c3nc(N[C@H]4C[C@](C)(O)C4)nc4c3cnn4-c3cccc(C(F)(F)F)c3)C2)CC1. The zero-order valence-corrected chi connectivity index (χ0v) is 21.4. The lowest BCUT2D eigenvalue weighted by molar-refractivity contribution is -0.137. The second-order valence-corrected chi connectivity index (χ2v) is 11.6. The Hall–Kier alpha value is -2.96. The third-order valence-electron chi connectivity index (χ3n) is 8.09. The Balaban J connectivity index is 1.31. The van der Waals surface area contributed by atoms with Gasteiger partial charge in [-0.05, 0) is 57.7 Å². The van der Waals surface area contributed by atoms with Crippen molar-refractivity contribution in [2.45, 2.75) is 69.0 Å². The van der Waals surface area contributed by atoms with Gasteiger partial charge in [0, 0.05) is 38.3 Å². The van der Waals surface area contributed by atoms with Gasteiger partial charge in [-0.25, -0.2) is 4.68 Å². The predicted octanol–water partition coefficient (Wildman–Crippen LogP) is 3.20. The van der Waals surface area contributed by atoms with Crippen LogP contribution in [0.5, 0.6) is 0 Å². The molecule has 0 spiro atoms. The van der Waals surface area contributed by atoms with Crippen LogP contribution in [0.4, 0.5) is 24.9 Å². The normalized spacial score (nSPS) is 26.3. The third kappa shape index (κ3) is 4.80. The third-order valence-corrected chi connectivity index (χ3v) is 8.09. The van der Waals surface area contributed by atoms with Crippen molar-refractivity contribution in [2.75, 3.05) is 36.4 Å². The average molecular weight is 532 g/mol. The van der Waals surface area contributed by atoms with Crippen LogP contribution in [-0.4, -0.2) is 84.3 Å². The van der Waals surface area contributed by atoms with Gasteiger partial charge in [-0.1, -0.05) is 6.07 Å². The van der Waals surface area contributed by atoms with Gasteiger partial charge in [0.05, 0.1) is 34.0 Å². The lowest BCUT2D eigenvalue weighted by Gasteiger charge is -2.49. The predicted molar refractivity (Wildman–Crippen MR) is 136 cm³/mol. The number of benzene rings is 1. The number of hydrogen-bond donors (Lipinski definition) is 3. The fourth-order valence-electron chi connectivity index (χ4n) is 5.72. The molecule has 0 amide bonds. The van der Waals surface area contributed by atoms with E-state index in [1.165, 1.54) is 10.7 Å². The van der Waals surface area contributed by atoms with Crippen LogP contribution in [0.3, 0.4) is 0 Å². The van der Waals surface area contributed by atoms with Gasteiger partial charge in [0.25, 0.3) is 0 Å². The van der Waals surface area contributed by atoms with Gasteiger partial charge >= 0.3 is 6.18 Å². The van der Waals surface area contributed by atoms with Crippen LogP contribution in [0, 0.1) is 0 Å². The molecule has 3 aliphatic rings. The smallest absolute Gasteiger partial charge is 0.390 e. The van der Waals surface area contributed by atoms with Crippen molar-refractivity contribution in [2.24, 2.45) is 0 Å². The van der Waals surface area contributed by atoms with E-state index in [4.69, 9.17) is 4.98 Å². The number of hydrogen-bond acceptors (Lipinski definition) is 8. The van der Waals surface area contributed by atoms with Crippen molar-refractivity contribution in [3.63, 3.8) is 0 Å². The molecule has 0 radical (unpaired) electrons. The fraction of sp³-hybridized carbons (Fsp3) is 0.577. The van der Waals surface area contributed by atoms with E-state index in [-0.39, 0.29) is 11.7 Å². The number of aromatic nitrogens is 4. The summed E-state index contributed by atoms with van der Waals surface area (Å²) in [4.78, 5) is 14.0. The summed E-state index contributed by atoms with van der Waals surface area (Å²) in [6, 6.07) is 5.38. The summed E-state index contributed by atoms with van der Waals surface area (Å²) in [7, 11) is 0. The van der Waals surface area contributed by atoms with Gasteiger partial charge in [0.2, 0.25) is 5.95 Å². The number of piperidine rings is 1. The summed E-state index contributed by atoms with van der Waals surface area (Å²) in [5.41, 5.74) is -1.41. The lowest BCUT2D eigenvalue weighted by Crippen LogP contribution is -2.62. The van der Waals surface area contributed by atoms with Crippen LogP contribution in [0.25, 0.3) is 16.7 Å². The molecule has 2 aromatic heterocycles. The molecule has 9 nitrogen and oxygen atoms in total. The molecule has 2 aliphatic heterocycles. The van der Waals surface area contributed by atoms with E-state index in [9.17, 15) is 23.4 Å². The van der Waals surface area contributed by atoms with Gasteiger partial charge in [-0.15, -0.1) is 0 Å². The van der Waals surface area contributed by atoms with Gasteiger partial charge < -0.3 is 20.4 Å². The molecule has 2 saturated heterocycles. The first-order valence-corrected chi connectivity index (χ1v) is 13.0. The van der Waals surface area contributed by atoms with Gasteiger partial charge in [-0.2, -0.15) is 28.2 Å². The Labute approximate surface area is 218 Å². The van der Waals surface area contributed by atoms with Gasteiger partial charge in [-0.3, -0.25) is 4.90 Å². The minimum absolute atomic E-state index is 0.00510. The Morgan fingerprint density at radius 3 is 2.39 bits per heavy atom. The lowest BCUT2D eigenvalue weighted by atomic mass is 9.77. The summed E-state index contributed by atoms with van der Waals surface area (Å²) < 4.78 is 41.6. The molecule has 0 bridgehead atoms. The number of alkyl halides is 3. The molecule has 6 rings (SSSR count). The Morgan fingerprint density at radius 1 is 1.03 bits per heavy atom. The van der Waals surface area contributed by atoms with E-state index in [0.717, 1.165) is 51.2 Å². The number of halogens is 3. The van der Waals surface area contributed by atoms with Crippen molar-refractivity contribution in [1.29, 1.82) is 0 Å². The molecule has 3 aromatic rings. The van der Waals surface area contributed by atoms with E-state index in [1.54, 1.807) is 19.2 Å². The topological polar surface area (TPSA) is 103 Å². The molecule has 12 heteroatoms. The highest BCUT2D eigenvalue weighted by molar-refractivity contribution is 5.89. The van der Waals surface area contributed by atoms with Crippen molar-refractivity contribution in [1.82, 2.24) is 24.6 Å². The zero-order valence-electron chi connectivity index (χ0n) is 21.4. The highest BCUT2D eigenvalue weighted by Gasteiger charge is 2.40. The quantitative estimate of drug-likeness (QED) is 0.462. The van der Waals surface area contributed by atoms with E-state index in [2.05, 4.69) is 25.2 Å². The van der Waals surface area contributed by atoms with Crippen LogP contribution in [0.15, 0.2) is 30.5 Å². The highest BCUT2D eigenvalue weighted by Crippen LogP contribution is 2.37. The standard InChI is InChI=1S/C26H32F3N7O2/c1-24(37)6-8-34(9-7-24)19-14-35(15-19)21-20-13-30-36(18-5-3-4-16(10-18)26(27,28)29)22(20)33-23(32-21)31-17-11-25(2,38)12-17/h3-5,10,13,17,19,37-38H,6-9,11-12,14-15H2,1-2H3,(H,31,32,33)/t17-,25-. The molecule has 1 aliphatic carbocycles. The molecule has 204 valence electrons. The summed E-state index contributed by atoms with van der Waals surface area (Å²) in [5, 5.41) is 28.8. The van der Waals surface area contributed by atoms with E-state index in [1.807, 2.05) is 6.92 Å². The van der Waals surface area contributed by atoms with E-state index < -0.39 is 22.9 Å². The van der Waals surface area contributed by atoms with Crippen LogP contribution in [-0.2, 0) is 6.18 Å². The first-order valence-electron chi connectivity index (χ1n) is 13.0. The number of likely N-dealkylation sites (tertiary alicyclic amines) is 1. The Bertz CT molecular complexity index is 1330. The van der Waals surface area contributed by atoms with E-state index >= 15 is 0 Å². The maximum Gasteiger partial charge on any atom is 0.416 e. The highest BCUT2D eigenvalue weighted by atomic mass is 19.4. The maximum absolute atomic E-state index is 13.4. The number of nitrogens with zero attached hydrogens (tertiary/aromatic N) is 6. The summed E-state index contributed by atoms with van der Waals surface area (Å²) in [6.07, 6.45) is -0.271.